The molecule has 0 aromatic heterocycles. The molecule has 0 aliphatic carbocycles. The summed E-state index contributed by atoms with van der Waals surface area (Å²) >= 11 is 0. The van der Waals surface area contributed by atoms with Crippen LogP contribution >= 0.6 is 0 Å². The first-order valence-electron chi connectivity index (χ1n) is 4.42. The van der Waals surface area contributed by atoms with Gasteiger partial charge in [-0.3, -0.25) is 4.79 Å². The summed E-state index contributed by atoms with van der Waals surface area (Å²) in [6.45, 7) is 1.19. The van der Waals surface area contributed by atoms with Gasteiger partial charge in [0.15, 0.2) is 0 Å². The zero-order chi connectivity index (χ0) is 11.5. The van der Waals surface area contributed by atoms with Gasteiger partial charge in [-0.1, -0.05) is 0 Å². The molecule has 0 aromatic carbocycles. The first-order chi connectivity index (χ1) is 6.95. The van der Waals surface area contributed by atoms with Crippen LogP contribution in [0.25, 0.3) is 0 Å². The van der Waals surface area contributed by atoms with Crippen LogP contribution < -0.4 is 0 Å². The Kier molecular flexibility index (Phi) is 3.35. The minimum Gasteiger partial charge on any atom is -0.376 e. The van der Waals surface area contributed by atoms with E-state index in [1.54, 1.807) is 4.90 Å². The molecule has 0 spiro atoms. The van der Waals surface area contributed by atoms with Crippen LogP contribution in [0.5, 0.6) is 0 Å². The predicted molar refractivity (Wildman–Crippen MR) is 45.6 cm³/mol. The van der Waals surface area contributed by atoms with E-state index >= 15 is 0 Å². The average Bonchev–Trinajstić information content (AvgIpc) is 2.64. The molecule has 0 bridgehead atoms. The summed E-state index contributed by atoms with van der Waals surface area (Å²) in [7, 11) is 0. The van der Waals surface area contributed by atoms with Gasteiger partial charge in [0.05, 0.1) is 0 Å². The summed E-state index contributed by atoms with van der Waals surface area (Å²) in [6.07, 6.45) is -2.23. The van der Waals surface area contributed by atoms with Crippen LogP contribution in [0, 0.1) is 11.3 Å². The molecule has 0 aromatic rings. The molecular formula is C9H9F3N2O. The van der Waals surface area contributed by atoms with E-state index in [0.717, 1.165) is 19.0 Å². The summed E-state index contributed by atoms with van der Waals surface area (Å²) in [5.74, 6) is -2.07. The topological polar surface area (TPSA) is 44.1 Å². The molecule has 0 saturated carbocycles. The summed E-state index contributed by atoms with van der Waals surface area (Å²) < 4.78 is 36.0. The summed E-state index contributed by atoms with van der Waals surface area (Å²) in [5, 5.41) is 8.45. The Morgan fingerprint density at radius 2 is 1.87 bits per heavy atom. The zero-order valence-corrected chi connectivity index (χ0v) is 7.84. The molecule has 1 aliphatic rings. The average molecular weight is 218 g/mol. The Balaban J connectivity index is 2.80. The number of nitriles is 1. The van der Waals surface area contributed by atoms with Crippen molar-refractivity contribution in [3.63, 3.8) is 0 Å². The molecule has 3 nitrogen and oxygen atoms in total. The van der Waals surface area contributed by atoms with Crippen LogP contribution in [0.3, 0.4) is 0 Å². The van der Waals surface area contributed by atoms with Crippen molar-refractivity contribution in [3.05, 3.63) is 11.8 Å². The smallest absolute Gasteiger partial charge is 0.376 e. The summed E-state index contributed by atoms with van der Waals surface area (Å²) in [5.41, 5.74) is -0.843. The van der Waals surface area contributed by atoms with Crippen LogP contribution in [-0.4, -0.2) is 29.9 Å². The first-order valence-corrected chi connectivity index (χ1v) is 4.42. The lowest BCUT2D eigenvalue weighted by molar-refractivity contribution is -0.166. The Morgan fingerprint density at radius 1 is 1.33 bits per heavy atom. The van der Waals surface area contributed by atoms with Gasteiger partial charge in [0, 0.05) is 19.3 Å². The lowest BCUT2D eigenvalue weighted by Crippen LogP contribution is -2.25. The van der Waals surface area contributed by atoms with Crippen LogP contribution in [0.4, 0.5) is 13.2 Å². The van der Waals surface area contributed by atoms with Gasteiger partial charge in [-0.05, 0) is 12.8 Å². The first kappa shape index (κ1) is 11.6. The second-order valence-electron chi connectivity index (χ2n) is 3.22. The van der Waals surface area contributed by atoms with E-state index in [4.69, 9.17) is 5.26 Å². The SMILES string of the molecule is N#CC(=CN1CCCC1)C(=O)C(F)(F)F. The summed E-state index contributed by atoms with van der Waals surface area (Å²) in [6, 6.07) is 1.29. The van der Waals surface area contributed by atoms with Gasteiger partial charge >= 0.3 is 6.18 Å². The Bertz CT molecular complexity index is 321. The second kappa shape index (κ2) is 4.34. The minimum absolute atomic E-state index is 0.594. The third-order valence-corrected chi connectivity index (χ3v) is 2.07. The number of alkyl halides is 3. The monoisotopic (exact) mass is 218 g/mol. The fourth-order valence-electron chi connectivity index (χ4n) is 1.34. The number of rotatable bonds is 2. The number of carbonyl (C=O) groups is 1. The number of allylic oxidation sites excluding steroid dienone is 1. The molecule has 15 heavy (non-hydrogen) atoms. The van der Waals surface area contributed by atoms with Gasteiger partial charge in [0.25, 0.3) is 5.78 Å². The number of halogens is 3. The van der Waals surface area contributed by atoms with E-state index in [1.807, 2.05) is 0 Å². The lowest BCUT2D eigenvalue weighted by atomic mass is 10.2. The molecule has 1 saturated heterocycles. The third kappa shape index (κ3) is 2.98. The molecule has 0 atom stereocenters. The predicted octanol–water partition coefficient (Wildman–Crippen LogP) is 1.62. The highest BCUT2D eigenvalue weighted by atomic mass is 19.4. The number of nitrogens with zero attached hydrogens (tertiary/aromatic N) is 2. The van der Waals surface area contributed by atoms with Crippen molar-refractivity contribution in [1.82, 2.24) is 4.90 Å². The van der Waals surface area contributed by atoms with Crippen molar-refractivity contribution >= 4 is 5.78 Å². The Morgan fingerprint density at radius 3 is 2.27 bits per heavy atom. The second-order valence-corrected chi connectivity index (χ2v) is 3.22. The molecule has 1 aliphatic heterocycles. The van der Waals surface area contributed by atoms with Gasteiger partial charge in [0.1, 0.15) is 11.6 Å². The number of Topliss-reactive ketones (excluding diaryl/α,β-unsaturated/α-hetero) is 1. The highest BCUT2D eigenvalue weighted by Gasteiger charge is 2.41. The number of likely N-dealkylation sites (tertiary alicyclic amines) is 1. The van der Waals surface area contributed by atoms with Crippen molar-refractivity contribution in [2.24, 2.45) is 0 Å². The molecule has 6 heteroatoms. The maximum Gasteiger partial charge on any atom is 0.455 e. The molecule has 0 radical (unpaired) electrons. The lowest BCUT2D eigenvalue weighted by Gasteiger charge is -2.12. The van der Waals surface area contributed by atoms with Crippen molar-refractivity contribution in [2.75, 3.05) is 13.1 Å². The molecule has 0 unspecified atom stereocenters. The number of carbonyl (C=O) groups excluding carboxylic acids is 1. The standard InChI is InChI=1S/C9H9F3N2O/c10-9(11,12)8(15)7(5-13)6-14-3-1-2-4-14/h6H,1-4H2. The van der Waals surface area contributed by atoms with Gasteiger partial charge in [-0.15, -0.1) is 0 Å². The molecule has 82 valence electrons. The van der Waals surface area contributed by atoms with Gasteiger partial charge in [0.2, 0.25) is 0 Å². The van der Waals surface area contributed by atoms with Crippen LogP contribution in [0.2, 0.25) is 0 Å². The van der Waals surface area contributed by atoms with Gasteiger partial charge < -0.3 is 4.90 Å². The molecule has 0 amide bonds. The van der Waals surface area contributed by atoms with Gasteiger partial charge in [-0.2, -0.15) is 18.4 Å². The van der Waals surface area contributed by atoms with Crippen molar-refractivity contribution in [1.29, 1.82) is 5.26 Å². The molecule has 1 fully saturated rings. The summed E-state index contributed by atoms with van der Waals surface area (Å²) in [4.78, 5) is 12.3. The number of hydrogen-bond donors (Lipinski definition) is 0. The number of ketones is 1. The maximum atomic E-state index is 12.0. The highest BCUT2D eigenvalue weighted by Crippen LogP contribution is 2.21. The Labute approximate surface area is 84.8 Å². The third-order valence-electron chi connectivity index (χ3n) is 2.07. The van der Waals surface area contributed by atoms with Crippen molar-refractivity contribution in [2.45, 2.75) is 19.0 Å². The quantitative estimate of drug-likeness (QED) is 0.522. The van der Waals surface area contributed by atoms with Crippen LogP contribution in [0.1, 0.15) is 12.8 Å². The number of hydrogen-bond acceptors (Lipinski definition) is 3. The zero-order valence-electron chi connectivity index (χ0n) is 7.84. The van der Waals surface area contributed by atoms with Crippen molar-refractivity contribution < 1.29 is 18.0 Å². The van der Waals surface area contributed by atoms with Crippen LogP contribution in [0.15, 0.2) is 11.8 Å². The van der Waals surface area contributed by atoms with E-state index in [-0.39, 0.29) is 0 Å². The van der Waals surface area contributed by atoms with E-state index in [0.29, 0.717) is 13.1 Å². The van der Waals surface area contributed by atoms with Crippen molar-refractivity contribution in [3.8, 4) is 6.07 Å². The normalized spacial score (nSPS) is 17.7. The van der Waals surface area contributed by atoms with E-state index in [1.165, 1.54) is 6.07 Å². The maximum absolute atomic E-state index is 12.0. The van der Waals surface area contributed by atoms with E-state index < -0.39 is 17.5 Å². The molecule has 0 N–H and O–H groups in total. The fourth-order valence-corrected chi connectivity index (χ4v) is 1.34. The Hall–Kier alpha value is -1.51. The minimum atomic E-state index is -4.97. The highest BCUT2D eigenvalue weighted by molar-refractivity contribution is 6.02. The van der Waals surface area contributed by atoms with Crippen LogP contribution in [-0.2, 0) is 4.79 Å². The van der Waals surface area contributed by atoms with E-state index in [9.17, 15) is 18.0 Å². The van der Waals surface area contributed by atoms with E-state index in [2.05, 4.69) is 0 Å². The largest absolute Gasteiger partial charge is 0.455 e. The van der Waals surface area contributed by atoms with Gasteiger partial charge in [-0.25, -0.2) is 0 Å². The molecule has 1 heterocycles. The fraction of sp³-hybridized carbons (Fsp3) is 0.556. The molecule has 1 rings (SSSR count). The molecular weight excluding hydrogens is 209 g/mol.